The predicted molar refractivity (Wildman–Crippen MR) is 135 cm³/mol. The van der Waals surface area contributed by atoms with Gasteiger partial charge >= 0.3 is 0 Å². The highest BCUT2D eigenvalue weighted by molar-refractivity contribution is 8.15. The molecule has 3 aromatic rings. The lowest BCUT2D eigenvalue weighted by Gasteiger charge is -2.23. The number of thioether (sulfide) groups is 1. The van der Waals surface area contributed by atoms with Gasteiger partial charge in [0.05, 0.1) is 27.3 Å². The zero-order valence-electron chi connectivity index (χ0n) is 17.3. The van der Waals surface area contributed by atoms with Crippen molar-refractivity contribution in [2.45, 2.75) is 24.1 Å². The standard InChI is InChI=1S/C24H19ClN4O2S2/c25-16-9-4-5-10-17(16)26-22(30)14-21-23(31)27-24(33-21)29-19(15-7-2-1-3-8-15)13-18(28-29)20-11-6-12-32-20/h1-12,19,21H,13-14H2,(H,26,30)/t19-,21+/m1/s1. The van der Waals surface area contributed by atoms with Crippen molar-refractivity contribution in [3.8, 4) is 0 Å². The lowest BCUT2D eigenvalue weighted by Crippen LogP contribution is -2.25. The normalized spacial score (nSPS) is 20.0. The Morgan fingerprint density at radius 2 is 1.88 bits per heavy atom. The minimum absolute atomic E-state index is 0.00701. The molecule has 6 nitrogen and oxygen atoms in total. The van der Waals surface area contributed by atoms with Crippen molar-refractivity contribution in [3.05, 3.63) is 87.6 Å². The van der Waals surface area contributed by atoms with Crippen LogP contribution < -0.4 is 5.32 Å². The molecule has 9 heteroatoms. The highest BCUT2D eigenvalue weighted by atomic mass is 35.5. The first kappa shape index (κ1) is 21.9. The summed E-state index contributed by atoms with van der Waals surface area (Å²) in [5, 5.41) is 11.8. The minimum atomic E-state index is -0.597. The molecular weight excluding hydrogens is 476 g/mol. The maximum Gasteiger partial charge on any atom is 0.262 e. The molecule has 2 amide bonds. The second-order valence-electron chi connectivity index (χ2n) is 7.57. The Morgan fingerprint density at radius 3 is 2.64 bits per heavy atom. The number of hydrogen-bond donors (Lipinski definition) is 1. The first-order valence-corrected chi connectivity index (χ1v) is 12.5. The van der Waals surface area contributed by atoms with E-state index < -0.39 is 5.25 Å². The maximum absolute atomic E-state index is 12.7. The number of thiophene rings is 1. The summed E-state index contributed by atoms with van der Waals surface area (Å²) in [7, 11) is 0. The molecule has 0 spiro atoms. The number of amides is 2. The molecule has 2 aliphatic rings. The predicted octanol–water partition coefficient (Wildman–Crippen LogP) is 5.58. The van der Waals surface area contributed by atoms with Crippen molar-refractivity contribution in [2.24, 2.45) is 10.1 Å². The number of hydrazone groups is 1. The lowest BCUT2D eigenvalue weighted by atomic mass is 10.0. The second-order valence-corrected chi connectivity index (χ2v) is 10.1. The highest BCUT2D eigenvalue weighted by Gasteiger charge is 2.39. The van der Waals surface area contributed by atoms with Crippen LogP contribution in [-0.4, -0.2) is 33.0 Å². The summed E-state index contributed by atoms with van der Waals surface area (Å²) in [6.07, 6.45) is 0.725. The number of nitrogens with zero attached hydrogens (tertiary/aromatic N) is 3. The first-order valence-electron chi connectivity index (χ1n) is 10.4. The summed E-state index contributed by atoms with van der Waals surface area (Å²) in [6, 6.07) is 21.1. The van der Waals surface area contributed by atoms with E-state index in [0.717, 1.165) is 22.6 Å². The SMILES string of the molecule is O=C(C[C@@H]1SC(N2N=C(c3cccs3)C[C@@H]2c2ccccc2)=NC1=O)Nc1ccccc1Cl. The molecule has 0 bridgehead atoms. The molecule has 5 rings (SSSR count). The average molecular weight is 495 g/mol. The number of amidine groups is 1. The molecule has 2 atom stereocenters. The van der Waals surface area contributed by atoms with Crippen LogP contribution in [0.2, 0.25) is 5.02 Å². The van der Waals surface area contributed by atoms with Gasteiger partial charge in [-0.3, -0.25) is 9.59 Å². The molecule has 0 unspecified atom stereocenters. The second kappa shape index (κ2) is 9.51. The molecule has 1 N–H and O–H groups in total. The summed E-state index contributed by atoms with van der Waals surface area (Å²) >= 11 is 9.05. The topological polar surface area (TPSA) is 74.1 Å². The van der Waals surface area contributed by atoms with Gasteiger partial charge in [-0.25, -0.2) is 5.01 Å². The number of benzene rings is 2. The van der Waals surface area contributed by atoms with Gasteiger partial charge in [0, 0.05) is 12.8 Å². The summed E-state index contributed by atoms with van der Waals surface area (Å²) in [5.41, 5.74) is 2.59. The van der Waals surface area contributed by atoms with Crippen molar-refractivity contribution in [2.75, 3.05) is 5.32 Å². The van der Waals surface area contributed by atoms with Crippen molar-refractivity contribution < 1.29 is 9.59 Å². The van der Waals surface area contributed by atoms with Crippen molar-refractivity contribution >= 4 is 63.1 Å². The van der Waals surface area contributed by atoms with Crippen LogP contribution in [-0.2, 0) is 9.59 Å². The molecule has 2 aliphatic heterocycles. The van der Waals surface area contributed by atoms with Gasteiger partial charge < -0.3 is 5.32 Å². The van der Waals surface area contributed by atoms with Crippen LogP contribution in [0.4, 0.5) is 5.69 Å². The number of nitrogens with one attached hydrogen (secondary N) is 1. The fraction of sp³-hybridized carbons (Fsp3) is 0.167. The minimum Gasteiger partial charge on any atom is -0.325 e. The third-order valence-corrected chi connectivity index (χ3v) is 7.73. The Kier molecular flexibility index (Phi) is 6.30. The molecule has 0 saturated carbocycles. The van der Waals surface area contributed by atoms with E-state index in [1.54, 1.807) is 35.6 Å². The van der Waals surface area contributed by atoms with E-state index in [1.807, 2.05) is 40.7 Å². The van der Waals surface area contributed by atoms with Crippen molar-refractivity contribution in [1.29, 1.82) is 0 Å². The number of para-hydroxylation sites is 1. The quantitative estimate of drug-likeness (QED) is 0.502. The van der Waals surface area contributed by atoms with E-state index >= 15 is 0 Å². The summed E-state index contributed by atoms with van der Waals surface area (Å²) in [4.78, 5) is 30.6. The number of carbonyl (C=O) groups is 2. The van der Waals surface area contributed by atoms with Gasteiger partial charge in [-0.15, -0.1) is 11.3 Å². The summed E-state index contributed by atoms with van der Waals surface area (Å²) < 4.78 is 0. The fourth-order valence-corrected chi connectivity index (χ4v) is 5.72. The van der Waals surface area contributed by atoms with E-state index in [9.17, 15) is 9.59 Å². The van der Waals surface area contributed by atoms with Gasteiger partial charge in [0.25, 0.3) is 5.91 Å². The molecule has 3 heterocycles. The number of aliphatic imine (C=N–C) groups is 1. The van der Waals surface area contributed by atoms with Crippen LogP contribution in [0, 0.1) is 0 Å². The number of hydrogen-bond acceptors (Lipinski definition) is 6. The Morgan fingerprint density at radius 1 is 1.09 bits per heavy atom. The summed E-state index contributed by atoms with van der Waals surface area (Å²) in [5.74, 6) is -0.606. The highest BCUT2D eigenvalue weighted by Crippen LogP contribution is 2.39. The van der Waals surface area contributed by atoms with E-state index in [4.69, 9.17) is 16.7 Å². The Labute approximate surface area is 204 Å². The molecule has 1 aromatic heterocycles. The van der Waals surface area contributed by atoms with E-state index in [0.29, 0.717) is 15.9 Å². The number of anilines is 1. The van der Waals surface area contributed by atoms with E-state index in [2.05, 4.69) is 22.4 Å². The zero-order valence-corrected chi connectivity index (χ0v) is 19.7. The van der Waals surface area contributed by atoms with Gasteiger partial charge in [0.1, 0.15) is 5.25 Å². The van der Waals surface area contributed by atoms with Crippen molar-refractivity contribution in [1.82, 2.24) is 5.01 Å². The molecule has 0 radical (unpaired) electrons. The molecule has 0 fully saturated rings. The van der Waals surface area contributed by atoms with Gasteiger partial charge in [0.2, 0.25) is 5.91 Å². The number of halogens is 1. The molecular formula is C24H19ClN4O2S2. The number of carbonyl (C=O) groups excluding carboxylic acids is 2. The zero-order chi connectivity index (χ0) is 22.8. The maximum atomic E-state index is 12.7. The van der Waals surface area contributed by atoms with Crippen LogP contribution in [0.5, 0.6) is 0 Å². The van der Waals surface area contributed by atoms with E-state index in [-0.39, 0.29) is 24.3 Å². The van der Waals surface area contributed by atoms with Crippen LogP contribution in [0.15, 0.2) is 82.2 Å². The number of rotatable bonds is 5. The molecule has 33 heavy (non-hydrogen) atoms. The van der Waals surface area contributed by atoms with Crippen LogP contribution in [0.1, 0.15) is 29.3 Å². The average Bonchev–Trinajstić information content (AvgIpc) is 3.56. The molecule has 0 saturated heterocycles. The van der Waals surface area contributed by atoms with Crippen LogP contribution in [0.3, 0.4) is 0 Å². The fourth-order valence-electron chi connectivity index (χ4n) is 3.75. The smallest absolute Gasteiger partial charge is 0.262 e. The molecule has 0 aliphatic carbocycles. The first-order chi connectivity index (χ1) is 16.1. The van der Waals surface area contributed by atoms with Crippen molar-refractivity contribution in [3.63, 3.8) is 0 Å². The van der Waals surface area contributed by atoms with E-state index in [1.165, 1.54) is 11.8 Å². The Balaban J connectivity index is 1.33. The van der Waals surface area contributed by atoms with Crippen LogP contribution in [0.25, 0.3) is 0 Å². The van der Waals surface area contributed by atoms with Gasteiger partial charge in [0.15, 0.2) is 5.17 Å². The van der Waals surface area contributed by atoms with Gasteiger partial charge in [-0.05, 0) is 29.1 Å². The lowest BCUT2D eigenvalue weighted by molar-refractivity contribution is -0.121. The third kappa shape index (κ3) is 4.73. The largest absolute Gasteiger partial charge is 0.325 e. The monoisotopic (exact) mass is 494 g/mol. The van der Waals surface area contributed by atoms with Gasteiger partial charge in [-0.2, -0.15) is 10.1 Å². The summed E-state index contributed by atoms with van der Waals surface area (Å²) in [6.45, 7) is 0. The Bertz CT molecular complexity index is 1240. The van der Waals surface area contributed by atoms with Gasteiger partial charge in [-0.1, -0.05) is 71.9 Å². The molecule has 2 aromatic carbocycles. The van der Waals surface area contributed by atoms with Crippen LogP contribution >= 0.6 is 34.7 Å². The third-order valence-electron chi connectivity index (χ3n) is 5.34. The Hall–Kier alpha value is -2.94. The molecule has 166 valence electrons.